The lowest BCUT2D eigenvalue weighted by Crippen LogP contribution is -2.60. The molecule has 0 saturated heterocycles. The molecule has 0 aliphatic rings. The van der Waals surface area contributed by atoms with Gasteiger partial charge in [-0.15, -0.1) is 5.92 Å². The Kier molecular flexibility index (Phi) is 6.49. The van der Waals surface area contributed by atoms with Gasteiger partial charge in [0.25, 0.3) is 0 Å². The van der Waals surface area contributed by atoms with E-state index in [1.807, 2.05) is 6.92 Å². The van der Waals surface area contributed by atoms with E-state index in [2.05, 4.69) is 70.4 Å². The molecule has 19 heavy (non-hydrogen) atoms. The Bertz CT molecular complexity index is 312. The van der Waals surface area contributed by atoms with Gasteiger partial charge in [-0.2, -0.15) is 0 Å². The van der Waals surface area contributed by atoms with Crippen molar-refractivity contribution in [1.82, 2.24) is 0 Å². The summed E-state index contributed by atoms with van der Waals surface area (Å²) < 4.78 is 19.0. The Labute approximate surface area is 123 Å². The summed E-state index contributed by atoms with van der Waals surface area (Å²) >= 11 is 0. The molecule has 0 bridgehead atoms. The van der Waals surface area contributed by atoms with Crippen LogP contribution in [-0.2, 0) is 12.3 Å². The monoisotopic (exact) mass is 334 g/mol. The molecule has 0 amide bonds. The van der Waals surface area contributed by atoms with Crippen molar-refractivity contribution in [2.75, 3.05) is 0 Å². The van der Waals surface area contributed by atoms with Gasteiger partial charge < -0.3 is 12.3 Å². The first-order valence-corrected chi connectivity index (χ1v) is 18.7. The zero-order chi connectivity index (χ0) is 15.5. The van der Waals surface area contributed by atoms with Crippen molar-refractivity contribution < 1.29 is 12.3 Å². The summed E-state index contributed by atoms with van der Waals surface area (Å²) in [6.45, 7) is 21.3. The molecule has 0 aromatic carbocycles. The summed E-state index contributed by atoms with van der Waals surface area (Å²) in [4.78, 5) is 0. The summed E-state index contributed by atoms with van der Waals surface area (Å²) in [5.41, 5.74) is 3.19. The molecule has 0 aliphatic heterocycles. The van der Waals surface area contributed by atoms with Crippen molar-refractivity contribution >= 4 is 33.8 Å². The lowest BCUT2D eigenvalue weighted by Gasteiger charge is -2.39. The summed E-state index contributed by atoms with van der Waals surface area (Å²) in [5.74, 6) is 2.98. The molecule has 0 aromatic rings. The average Bonchev–Trinajstić information content (AvgIpc) is 1.90. The van der Waals surface area contributed by atoms with E-state index in [9.17, 15) is 0 Å². The molecule has 3 nitrogen and oxygen atoms in total. The van der Waals surface area contributed by atoms with Gasteiger partial charge >= 0.3 is 8.80 Å². The smallest absolute Gasteiger partial charge is 0.408 e. The normalized spacial score (nSPS) is 14.0. The van der Waals surface area contributed by atoms with E-state index in [1.54, 1.807) is 0 Å². The van der Waals surface area contributed by atoms with Crippen LogP contribution < -0.4 is 0 Å². The first-order valence-electron chi connectivity index (χ1n) is 6.72. The van der Waals surface area contributed by atoms with Gasteiger partial charge in [-0.25, -0.2) is 0 Å². The Balaban J connectivity index is 5.52. The molecule has 0 unspecified atom stereocenters. The van der Waals surface area contributed by atoms with E-state index >= 15 is 0 Å². The minimum atomic E-state index is -2.88. The Morgan fingerprint density at radius 3 is 1.00 bits per heavy atom. The van der Waals surface area contributed by atoms with Crippen LogP contribution in [0.15, 0.2) is 0 Å². The molecule has 0 aliphatic carbocycles. The third-order valence-electron chi connectivity index (χ3n) is 1.60. The van der Waals surface area contributed by atoms with Crippen LogP contribution in [0, 0.1) is 11.5 Å². The van der Waals surface area contributed by atoms with E-state index < -0.39 is 33.8 Å². The van der Waals surface area contributed by atoms with Crippen LogP contribution in [0.5, 0.6) is 0 Å². The van der Waals surface area contributed by atoms with E-state index in [0.717, 1.165) is 0 Å². The highest BCUT2D eigenvalue weighted by Crippen LogP contribution is 2.24. The molecule has 112 valence electrons. The molecule has 7 heteroatoms. The van der Waals surface area contributed by atoms with E-state index in [1.165, 1.54) is 0 Å². The largest absolute Gasteiger partial charge is 0.560 e. The van der Waals surface area contributed by atoms with Crippen LogP contribution in [0.3, 0.4) is 0 Å². The molecular formula is C12H30O3Si4. The number of hydrogen-bond donors (Lipinski definition) is 0. The standard InChI is InChI=1S/C12H30O3Si4/c1-11-12-19(13-16(2,3)4,14-17(5,6)7)15-18(8,9)10/h1-10H3. The van der Waals surface area contributed by atoms with Gasteiger partial charge in [0, 0.05) is 0 Å². The Morgan fingerprint density at radius 1 is 0.579 bits per heavy atom. The molecule has 0 radical (unpaired) electrons. The van der Waals surface area contributed by atoms with E-state index in [4.69, 9.17) is 12.3 Å². The SMILES string of the molecule is CC#C[Si](O[Si](C)(C)C)(O[Si](C)(C)C)O[Si](C)(C)C. The molecule has 0 spiro atoms. The molecule has 0 fully saturated rings. The molecular weight excluding hydrogens is 304 g/mol. The van der Waals surface area contributed by atoms with Crippen molar-refractivity contribution in [3.63, 3.8) is 0 Å². The van der Waals surface area contributed by atoms with Crippen molar-refractivity contribution in [2.45, 2.75) is 65.8 Å². The lowest BCUT2D eigenvalue weighted by molar-refractivity contribution is 0.275. The first kappa shape index (κ1) is 19.3. The summed E-state index contributed by atoms with van der Waals surface area (Å²) in [5, 5.41) is 0. The maximum Gasteiger partial charge on any atom is 0.560 e. The zero-order valence-electron chi connectivity index (χ0n) is 14.2. The van der Waals surface area contributed by atoms with Crippen LogP contribution in [0.2, 0.25) is 58.9 Å². The van der Waals surface area contributed by atoms with Crippen molar-refractivity contribution in [1.29, 1.82) is 0 Å². The fourth-order valence-electron chi connectivity index (χ4n) is 1.50. The van der Waals surface area contributed by atoms with Gasteiger partial charge in [-0.05, 0) is 71.4 Å². The highest BCUT2D eigenvalue weighted by Gasteiger charge is 2.49. The second-order valence-corrected chi connectivity index (χ2v) is 24.1. The maximum atomic E-state index is 6.35. The zero-order valence-corrected chi connectivity index (χ0v) is 18.2. The van der Waals surface area contributed by atoms with Crippen LogP contribution in [0.4, 0.5) is 0 Å². The van der Waals surface area contributed by atoms with Gasteiger partial charge in [0.15, 0.2) is 25.0 Å². The summed E-state index contributed by atoms with van der Waals surface area (Å²) in [6.07, 6.45) is 0. The van der Waals surface area contributed by atoms with Gasteiger partial charge in [0.1, 0.15) is 0 Å². The Morgan fingerprint density at radius 2 is 0.842 bits per heavy atom. The minimum Gasteiger partial charge on any atom is -0.408 e. The highest BCUT2D eigenvalue weighted by molar-refractivity contribution is 6.93. The molecule has 0 atom stereocenters. The summed E-state index contributed by atoms with van der Waals surface area (Å²) in [6, 6.07) is 0. The summed E-state index contributed by atoms with van der Waals surface area (Å²) in [7, 11) is -8.20. The van der Waals surface area contributed by atoms with Crippen LogP contribution >= 0.6 is 0 Å². The third kappa shape index (κ3) is 9.78. The molecule has 0 heterocycles. The number of rotatable bonds is 6. The maximum absolute atomic E-state index is 6.35. The molecule has 0 aromatic heterocycles. The number of hydrogen-bond acceptors (Lipinski definition) is 3. The van der Waals surface area contributed by atoms with Crippen LogP contribution in [0.25, 0.3) is 0 Å². The fraction of sp³-hybridized carbons (Fsp3) is 0.833. The molecule has 0 saturated carbocycles. The second-order valence-electron chi connectivity index (χ2n) is 7.57. The van der Waals surface area contributed by atoms with Gasteiger partial charge in [-0.1, -0.05) is 0 Å². The van der Waals surface area contributed by atoms with Gasteiger partial charge in [0.05, 0.1) is 0 Å². The third-order valence-corrected chi connectivity index (χ3v) is 12.7. The quantitative estimate of drug-likeness (QED) is 0.542. The van der Waals surface area contributed by atoms with Gasteiger partial charge in [-0.3, -0.25) is 0 Å². The topological polar surface area (TPSA) is 27.7 Å². The van der Waals surface area contributed by atoms with Crippen molar-refractivity contribution in [2.24, 2.45) is 0 Å². The van der Waals surface area contributed by atoms with Gasteiger partial charge in [0.2, 0.25) is 0 Å². The average molecular weight is 335 g/mol. The lowest BCUT2D eigenvalue weighted by atomic mass is 10.8. The highest BCUT2D eigenvalue weighted by atomic mass is 28.5. The Hall–Kier alpha value is 0.308. The van der Waals surface area contributed by atoms with Crippen molar-refractivity contribution in [3.05, 3.63) is 0 Å². The van der Waals surface area contributed by atoms with Crippen LogP contribution in [0.1, 0.15) is 6.92 Å². The molecule has 0 N–H and O–H groups in total. The minimum absolute atomic E-state index is 1.78. The fourth-order valence-corrected chi connectivity index (χ4v) is 13.7. The van der Waals surface area contributed by atoms with Crippen LogP contribution in [-0.4, -0.2) is 33.8 Å². The first-order chi connectivity index (χ1) is 8.18. The predicted molar refractivity (Wildman–Crippen MR) is 92.5 cm³/mol. The van der Waals surface area contributed by atoms with E-state index in [0.29, 0.717) is 0 Å². The molecule has 0 rings (SSSR count). The van der Waals surface area contributed by atoms with Crippen molar-refractivity contribution in [3.8, 4) is 11.5 Å². The second kappa shape index (κ2) is 6.38. The predicted octanol–water partition coefficient (Wildman–Crippen LogP) is 4.04. The van der Waals surface area contributed by atoms with E-state index in [-0.39, 0.29) is 0 Å².